The number of ether oxygens (including phenoxy) is 3. The van der Waals surface area contributed by atoms with Crippen molar-refractivity contribution >= 4 is 29.3 Å². The minimum Gasteiger partial charge on any atom is -0.494 e. The molecule has 0 bridgehead atoms. The maximum Gasteiger partial charge on any atom is 0.333 e. The Balaban J connectivity index is 1.72. The average molecular weight is 577 g/mol. The van der Waals surface area contributed by atoms with Crippen LogP contribution >= 0.6 is 11.3 Å². The van der Waals surface area contributed by atoms with Gasteiger partial charge in [-0.1, -0.05) is 55.8 Å². The van der Waals surface area contributed by atoms with E-state index in [0.717, 1.165) is 46.0 Å². The highest BCUT2D eigenvalue weighted by molar-refractivity contribution is 7.09. The lowest BCUT2D eigenvalue weighted by atomic mass is 10.1. The number of hydrogen-bond acceptors (Lipinski definition) is 7. The second kappa shape index (κ2) is 17.1. The van der Waals surface area contributed by atoms with Crippen molar-refractivity contribution in [2.24, 2.45) is 0 Å². The lowest BCUT2D eigenvalue weighted by Gasteiger charge is -2.17. The molecule has 0 radical (unpaired) electrons. The summed E-state index contributed by atoms with van der Waals surface area (Å²) < 4.78 is 16.5. The molecular weight excluding hydrogens is 536 g/mol. The van der Waals surface area contributed by atoms with Crippen LogP contribution in [0.1, 0.15) is 68.4 Å². The summed E-state index contributed by atoms with van der Waals surface area (Å²) in [4.78, 5) is 29.6. The molecule has 0 saturated heterocycles. The van der Waals surface area contributed by atoms with Crippen LogP contribution in [0.3, 0.4) is 0 Å². The van der Waals surface area contributed by atoms with Crippen LogP contribution in [0.25, 0.3) is 6.08 Å². The zero-order valence-electron chi connectivity index (χ0n) is 24.4. The first kappa shape index (κ1) is 31.8. The van der Waals surface area contributed by atoms with E-state index in [2.05, 4.69) is 12.2 Å². The van der Waals surface area contributed by atoms with Gasteiger partial charge in [0.2, 0.25) is 5.91 Å². The number of carbonyl (C=O) groups excluding carboxylic acids is 2. The van der Waals surface area contributed by atoms with Gasteiger partial charge in [0.05, 0.1) is 31.6 Å². The van der Waals surface area contributed by atoms with Gasteiger partial charge in [0.25, 0.3) is 0 Å². The summed E-state index contributed by atoms with van der Waals surface area (Å²) in [6, 6.07) is 17.4. The fourth-order valence-corrected chi connectivity index (χ4v) is 4.84. The molecule has 0 unspecified atom stereocenters. The van der Waals surface area contributed by atoms with Gasteiger partial charge in [-0.15, -0.1) is 11.3 Å². The third-order valence-electron chi connectivity index (χ3n) is 6.06. The fraction of sp³-hybridized carbons (Fsp3) is 0.364. The molecule has 1 heterocycles. The topological polar surface area (TPSA) is 86.8 Å². The maximum absolute atomic E-state index is 12.9. The van der Waals surface area contributed by atoms with Crippen molar-refractivity contribution in [2.75, 3.05) is 19.8 Å². The minimum absolute atomic E-state index is 0.0508. The van der Waals surface area contributed by atoms with E-state index in [1.165, 1.54) is 11.3 Å². The summed E-state index contributed by atoms with van der Waals surface area (Å²) in [6.45, 7) is 8.90. The molecule has 7 nitrogen and oxygen atoms in total. The molecule has 8 heteroatoms. The highest BCUT2D eigenvalue weighted by Gasteiger charge is 2.19. The zero-order chi connectivity index (χ0) is 29.5. The molecule has 0 aliphatic carbocycles. The normalized spacial score (nSPS) is 12.6. The molecule has 0 fully saturated rings. The van der Waals surface area contributed by atoms with Crippen molar-refractivity contribution in [1.82, 2.24) is 10.3 Å². The fourth-order valence-electron chi connectivity index (χ4n) is 4.01. The first-order valence-electron chi connectivity index (χ1n) is 14.0. The van der Waals surface area contributed by atoms with Gasteiger partial charge in [-0.25, -0.2) is 9.78 Å². The van der Waals surface area contributed by atoms with Crippen molar-refractivity contribution in [3.05, 3.63) is 99.0 Å². The van der Waals surface area contributed by atoms with Crippen molar-refractivity contribution in [3.63, 3.8) is 0 Å². The van der Waals surface area contributed by atoms with Crippen LogP contribution in [0, 0.1) is 0 Å². The molecule has 3 aromatic rings. The molecule has 0 saturated carbocycles. The van der Waals surface area contributed by atoms with Gasteiger partial charge in [0.1, 0.15) is 17.4 Å². The van der Waals surface area contributed by atoms with Crippen LogP contribution in [-0.2, 0) is 32.1 Å². The van der Waals surface area contributed by atoms with Gasteiger partial charge in [0.15, 0.2) is 0 Å². The van der Waals surface area contributed by atoms with Gasteiger partial charge >= 0.3 is 5.97 Å². The Kier molecular flexibility index (Phi) is 13.3. The Morgan fingerprint density at radius 1 is 1.02 bits per heavy atom. The molecular formula is C33H40N2O5S. The molecule has 1 aromatic heterocycles. The number of allylic oxidation sites excluding steroid dienone is 2. The number of nitrogens with one attached hydrogen (secondary N) is 1. The van der Waals surface area contributed by atoms with E-state index >= 15 is 0 Å². The van der Waals surface area contributed by atoms with E-state index in [9.17, 15) is 9.59 Å². The number of nitrogens with zero attached hydrogens (tertiary/aromatic N) is 1. The molecule has 218 valence electrons. The van der Waals surface area contributed by atoms with Crippen molar-refractivity contribution in [2.45, 2.75) is 59.6 Å². The van der Waals surface area contributed by atoms with Crippen LogP contribution in [0.4, 0.5) is 0 Å². The van der Waals surface area contributed by atoms with Crippen molar-refractivity contribution in [1.29, 1.82) is 0 Å². The second-order valence-corrected chi connectivity index (χ2v) is 10.6. The van der Waals surface area contributed by atoms with Crippen molar-refractivity contribution in [3.8, 4) is 5.75 Å². The Hall–Kier alpha value is -3.75. The third kappa shape index (κ3) is 11.3. The quantitative estimate of drug-likeness (QED) is 0.0869. The summed E-state index contributed by atoms with van der Waals surface area (Å²) in [5, 5.41) is 5.84. The number of rotatable bonds is 16. The van der Waals surface area contributed by atoms with Gasteiger partial charge in [-0.3, -0.25) is 4.79 Å². The largest absolute Gasteiger partial charge is 0.494 e. The Labute approximate surface area is 247 Å². The number of esters is 1. The smallest absolute Gasteiger partial charge is 0.333 e. The Morgan fingerprint density at radius 2 is 1.78 bits per heavy atom. The molecule has 1 amide bonds. The summed E-state index contributed by atoms with van der Waals surface area (Å²) in [7, 11) is 0. The van der Waals surface area contributed by atoms with E-state index in [1.54, 1.807) is 19.9 Å². The molecule has 41 heavy (non-hydrogen) atoms. The first-order chi connectivity index (χ1) is 19.9. The van der Waals surface area contributed by atoms with Gasteiger partial charge < -0.3 is 19.5 Å². The predicted molar refractivity (Wildman–Crippen MR) is 164 cm³/mol. The SMILES string of the molecule is CCCCOc1ccc(C[C@H](NC(=O)COCc2ccccc2)c2nc(/C=C(C)/C=C(/C)C(=O)OCC)cs2)cc1. The highest BCUT2D eigenvalue weighted by Crippen LogP contribution is 2.25. The maximum atomic E-state index is 12.9. The van der Waals surface area contributed by atoms with Gasteiger partial charge in [0, 0.05) is 11.0 Å². The van der Waals surface area contributed by atoms with Gasteiger partial charge in [-0.05, 0) is 74.6 Å². The number of hydrogen-bond donors (Lipinski definition) is 1. The molecule has 1 atom stereocenters. The zero-order valence-corrected chi connectivity index (χ0v) is 25.2. The number of unbranched alkanes of at least 4 members (excludes halogenated alkanes) is 1. The summed E-state index contributed by atoms with van der Waals surface area (Å²) in [5.41, 5.74) is 4.23. The minimum atomic E-state index is -0.335. The van der Waals surface area contributed by atoms with Crippen molar-refractivity contribution < 1.29 is 23.8 Å². The third-order valence-corrected chi connectivity index (χ3v) is 7.04. The molecule has 2 aromatic carbocycles. The molecule has 0 aliphatic heterocycles. The number of benzene rings is 2. The summed E-state index contributed by atoms with van der Waals surface area (Å²) >= 11 is 1.48. The predicted octanol–water partition coefficient (Wildman–Crippen LogP) is 6.85. The van der Waals surface area contributed by atoms with E-state index in [0.29, 0.717) is 31.8 Å². The van der Waals surface area contributed by atoms with Gasteiger partial charge in [-0.2, -0.15) is 0 Å². The number of aromatic nitrogens is 1. The van der Waals surface area contributed by atoms with E-state index < -0.39 is 0 Å². The highest BCUT2D eigenvalue weighted by atomic mass is 32.1. The monoisotopic (exact) mass is 576 g/mol. The standard InChI is InChI=1S/C33H40N2O5S/c1-5-7-17-40-29-15-13-26(14-16-29)20-30(35-31(36)22-38-21-27-11-9-8-10-12-27)32-34-28(23-41-32)19-24(3)18-25(4)33(37)39-6-2/h8-16,18-19,23,30H,5-7,17,20-22H2,1-4H3,(H,35,36)/b24-19+,25-18-/t30-/m0/s1. The Bertz CT molecular complexity index is 1300. The summed E-state index contributed by atoms with van der Waals surface area (Å²) in [5.74, 6) is 0.292. The van der Waals surface area contributed by atoms with Crippen LogP contribution in [0.15, 0.2) is 77.2 Å². The summed E-state index contributed by atoms with van der Waals surface area (Å²) in [6.07, 6.45) is 6.36. The van der Waals surface area contributed by atoms with Crippen LogP contribution < -0.4 is 10.1 Å². The Morgan fingerprint density at radius 3 is 2.49 bits per heavy atom. The number of amides is 1. The van der Waals surface area contributed by atoms with E-state index in [4.69, 9.17) is 19.2 Å². The lowest BCUT2D eigenvalue weighted by Crippen LogP contribution is -2.32. The van der Waals surface area contributed by atoms with Crippen LogP contribution in [0.5, 0.6) is 5.75 Å². The van der Waals surface area contributed by atoms with E-state index in [-0.39, 0.29) is 24.5 Å². The number of thiazole rings is 1. The molecule has 1 N–H and O–H groups in total. The number of carbonyl (C=O) groups is 2. The molecule has 0 aliphatic rings. The molecule has 0 spiro atoms. The van der Waals surface area contributed by atoms with E-state index in [1.807, 2.05) is 73.0 Å². The first-order valence-corrected chi connectivity index (χ1v) is 14.9. The second-order valence-electron chi connectivity index (χ2n) is 9.70. The lowest BCUT2D eigenvalue weighted by molar-refractivity contribution is -0.138. The molecule has 3 rings (SSSR count). The van der Waals surface area contributed by atoms with Crippen LogP contribution in [0.2, 0.25) is 0 Å². The van der Waals surface area contributed by atoms with Crippen LogP contribution in [-0.4, -0.2) is 36.7 Å². The average Bonchev–Trinajstić information content (AvgIpc) is 3.42.